The van der Waals surface area contributed by atoms with Gasteiger partial charge in [0.05, 0.1) is 0 Å². The predicted molar refractivity (Wildman–Crippen MR) is 62.1 cm³/mol. The van der Waals surface area contributed by atoms with Gasteiger partial charge in [-0.1, -0.05) is 13.8 Å². The zero-order chi connectivity index (χ0) is 11.3. The van der Waals surface area contributed by atoms with Gasteiger partial charge in [-0.3, -0.25) is 0 Å². The van der Waals surface area contributed by atoms with Crippen molar-refractivity contribution in [3.63, 3.8) is 0 Å². The Kier molecular flexibility index (Phi) is 4.46. The maximum atomic E-state index is 4.45. The highest BCUT2D eigenvalue weighted by Gasteiger charge is 2.08. The van der Waals surface area contributed by atoms with Gasteiger partial charge in [-0.15, -0.1) is 0 Å². The van der Waals surface area contributed by atoms with E-state index >= 15 is 0 Å². The van der Waals surface area contributed by atoms with E-state index in [9.17, 15) is 0 Å². The first-order valence-electron chi connectivity index (χ1n) is 5.73. The van der Waals surface area contributed by atoms with Gasteiger partial charge >= 0.3 is 0 Å². The van der Waals surface area contributed by atoms with Crippen molar-refractivity contribution in [3.05, 3.63) is 11.6 Å². The fourth-order valence-electron chi connectivity index (χ4n) is 1.42. The van der Waals surface area contributed by atoms with Crippen molar-refractivity contribution in [1.29, 1.82) is 0 Å². The molecule has 0 atom stereocenters. The first kappa shape index (κ1) is 11.9. The summed E-state index contributed by atoms with van der Waals surface area (Å²) in [6, 6.07) is 0. The molecule has 4 nitrogen and oxygen atoms in total. The average Bonchev–Trinajstić information content (AvgIpc) is 2.30. The summed E-state index contributed by atoms with van der Waals surface area (Å²) in [6.45, 7) is 10.2. The Balaban J connectivity index is 3.05. The Hall–Kier alpha value is -1.19. The van der Waals surface area contributed by atoms with E-state index in [2.05, 4.69) is 47.5 Å². The second-order valence-corrected chi connectivity index (χ2v) is 3.35. The van der Waals surface area contributed by atoms with E-state index in [1.54, 1.807) is 0 Å². The van der Waals surface area contributed by atoms with Crippen molar-refractivity contribution in [2.75, 3.05) is 18.0 Å². The molecule has 84 valence electrons. The third-order valence-corrected chi connectivity index (χ3v) is 2.39. The van der Waals surface area contributed by atoms with Gasteiger partial charge in [-0.2, -0.15) is 9.97 Å². The number of hydrogen-bond donors (Lipinski definition) is 0. The summed E-state index contributed by atoms with van der Waals surface area (Å²) < 4.78 is 0. The molecule has 1 rings (SSSR count). The molecule has 0 aliphatic rings. The zero-order valence-corrected chi connectivity index (χ0v) is 10.1. The van der Waals surface area contributed by atoms with Crippen LogP contribution in [0.4, 0.5) is 5.95 Å². The van der Waals surface area contributed by atoms with Crippen molar-refractivity contribution < 1.29 is 0 Å². The van der Waals surface area contributed by atoms with Gasteiger partial charge < -0.3 is 4.90 Å². The van der Waals surface area contributed by atoms with Crippen LogP contribution in [0.1, 0.15) is 39.3 Å². The van der Waals surface area contributed by atoms with Crippen LogP contribution in [0.5, 0.6) is 0 Å². The van der Waals surface area contributed by atoms with Crippen LogP contribution in [0.25, 0.3) is 0 Å². The number of hydrogen-bond acceptors (Lipinski definition) is 4. The summed E-state index contributed by atoms with van der Waals surface area (Å²) in [7, 11) is 0. The Labute approximate surface area is 91.8 Å². The highest BCUT2D eigenvalue weighted by molar-refractivity contribution is 5.29. The van der Waals surface area contributed by atoms with Gasteiger partial charge in [-0.25, -0.2) is 4.98 Å². The predicted octanol–water partition coefficient (Wildman–Crippen LogP) is 1.84. The van der Waals surface area contributed by atoms with E-state index in [0.29, 0.717) is 0 Å². The number of nitrogens with zero attached hydrogens (tertiary/aromatic N) is 4. The molecule has 1 heterocycles. The number of aryl methyl sites for hydroxylation is 2. The van der Waals surface area contributed by atoms with Crippen LogP contribution in [-0.2, 0) is 12.8 Å². The Bertz CT molecular complexity index is 285. The van der Waals surface area contributed by atoms with Gasteiger partial charge in [0, 0.05) is 25.9 Å². The minimum atomic E-state index is 0.823. The molecule has 0 N–H and O–H groups in total. The third kappa shape index (κ3) is 2.88. The SMILES string of the molecule is CCc1nc(CC)nc(N(CC)CC)n1. The highest BCUT2D eigenvalue weighted by atomic mass is 15.3. The van der Waals surface area contributed by atoms with Gasteiger partial charge in [0.2, 0.25) is 5.95 Å². The summed E-state index contributed by atoms with van der Waals surface area (Å²) in [5.41, 5.74) is 0. The summed E-state index contributed by atoms with van der Waals surface area (Å²) in [6.07, 6.45) is 1.73. The molecule has 0 fully saturated rings. The number of rotatable bonds is 5. The van der Waals surface area contributed by atoms with E-state index in [-0.39, 0.29) is 0 Å². The Morgan fingerprint density at radius 2 is 1.27 bits per heavy atom. The molecule has 1 aromatic rings. The normalized spacial score (nSPS) is 10.4. The lowest BCUT2D eigenvalue weighted by atomic mass is 10.4. The minimum Gasteiger partial charge on any atom is -0.341 e. The van der Waals surface area contributed by atoms with Gasteiger partial charge in [-0.05, 0) is 13.8 Å². The molecule has 0 radical (unpaired) electrons. The highest BCUT2D eigenvalue weighted by Crippen LogP contribution is 2.08. The lowest BCUT2D eigenvalue weighted by molar-refractivity contribution is 0.760. The van der Waals surface area contributed by atoms with E-state index in [1.165, 1.54) is 0 Å². The van der Waals surface area contributed by atoms with E-state index in [1.807, 2.05) is 0 Å². The third-order valence-electron chi connectivity index (χ3n) is 2.39. The van der Waals surface area contributed by atoms with Gasteiger partial charge in [0.1, 0.15) is 11.6 Å². The average molecular weight is 208 g/mol. The van der Waals surface area contributed by atoms with Crippen molar-refractivity contribution in [2.45, 2.75) is 40.5 Å². The van der Waals surface area contributed by atoms with Crippen LogP contribution >= 0.6 is 0 Å². The molecule has 0 amide bonds. The molecule has 1 aromatic heterocycles. The van der Waals surface area contributed by atoms with Crippen molar-refractivity contribution in [3.8, 4) is 0 Å². The fourth-order valence-corrected chi connectivity index (χ4v) is 1.42. The van der Waals surface area contributed by atoms with Crippen LogP contribution in [0, 0.1) is 0 Å². The molecule has 0 saturated carbocycles. The minimum absolute atomic E-state index is 0.823. The molecule has 0 aliphatic heterocycles. The first-order valence-corrected chi connectivity index (χ1v) is 5.73. The quantitative estimate of drug-likeness (QED) is 0.740. The summed E-state index contributed by atoms with van der Waals surface area (Å²) >= 11 is 0. The Morgan fingerprint density at radius 3 is 1.60 bits per heavy atom. The fraction of sp³-hybridized carbons (Fsp3) is 0.727. The summed E-state index contributed by atoms with van der Waals surface area (Å²) in [5.74, 6) is 2.61. The molecule has 0 spiro atoms. The maximum absolute atomic E-state index is 4.45. The van der Waals surface area contributed by atoms with E-state index < -0.39 is 0 Å². The summed E-state index contributed by atoms with van der Waals surface area (Å²) in [4.78, 5) is 15.4. The zero-order valence-electron chi connectivity index (χ0n) is 10.1. The summed E-state index contributed by atoms with van der Waals surface area (Å²) in [5, 5.41) is 0. The van der Waals surface area contributed by atoms with Crippen molar-refractivity contribution in [2.24, 2.45) is 0 Å². The topological polar surface area (TPSA) is 41.9 Å². The number of aromatic nitrogens is 3. The molecule has 0 aromatic carbocycles. The van der Waals surface area contributed by atoms with Crippen LogP contribution in [-0.4, -0.2) is 28.0 Å². The lowest BCUT2D eigenvalue weighted by Crippen LogP contribution is -2.25. The molecule has 4 heteroatoms. The van der Waals surface area contributed by atoms with Gasteiger partial charge in [0.15, 0.2) is 0 Å². The molecule has 15 heavy (non-hydrogen) atoms. The first-order chi connectivity index (χ1) is 7.24. The van der Waals surface area contributed by atoms with Crippen LogP contribution in [0.2, 0.25) is 0 Å². The molecule has 0 bridgehead atoms. The maximum Gasteiger partial charge on any atom is 0.228 e. The lowest BCUT2D eigenvalue weighted by Gasteiger charge is -2.19. The second kappa shape index (κ2) is 5.63. The van der Waals surface area contributed by atoms with Gasteiger partial charge in [0.25, 0.3) is 0 Å². The van der Waals surface area contributed by atoms with Crippen molar-refractivity contribution in [1.82, 2.24) is 15.0 Å². The largest absolute Gasteiger partial charge is 0.341 e. The monoisotopic (exact) mass is 208 g/mol. The molecular weight excluding hydrogens is 188 g/mol. The standard InChI is InChI=1S/C11H20N4/c1-5-9-12-10(6-2)14-11(13-9)15(7-3)8-4/h5-8H2,1-4H3. The Morgan fingerprint density at radius 1 is 0.800 bits per heavy atom. The number of anilines is 1. The molecule has 0 aliphatic carbocycles. The smallest absolute Gasteiger partial charge is 0.228 e. The van der Waals surface area contributed by atoms with Crippen LogP contribution in [0.3, 0.4) is 0 Å². The van der Waals surface area contributed by atoms with E-state index in [0.717, 1.165) is 43.5 Å². The van der Waals surface area contributed by atoms with E-state index in [4.69, 9.17) is 0 Å². The molecular formula is C11H20N4. The van der Waals surface area contributed by atoms with Crippen LogP contribution in [0.15, 0.2) is 0 Å². The second-order valence-electron chi connectivity index (χ2n) is 3.35. The molecule has 0 unspecified atom stereocenters. The van der Waals surface area contributed by atoms with Crippen molar-refractivity contribution >= 4 is 5.95 Å². The molecule has 0 saturated heterocycles. The van der Waals surface area contributed by atoms with Crippen LogP contribution < -0.4 is 4.90 Å².